The smallest absolute Gasteiger partial charge is 0.418 e. The average Bonchev–Trinajstić information content (AvgIpc) is 3.50. The molecule has 3 aromatic carbocycles. The molecule has 1 aliphatic heterocycles. The van der Waals surface area contributed by atoms with Crippen molar-refractivity contribution < 1.29 is 27.1 Å². The van der Waals surface area contributed by atoms with E-state index in [1.807, 2.05) is 42.5 Å². The lowest BCUT2D eigenvalue weighted by Gasteiger charge is -2.23. The van der Waals surface area contributed by atoms with Crippen LogP contribution in [0.15, 0.2) is 71.1 Å². The van der Waals surface area contributed by atoms with Crippen molar-refractivity contribution in [2.24, 2.45) is 0 Å². The van der Waals surface area contributed by atoms with Crippen LogP contribution in [0, 0.1) is 0 Å². The average molecular weight is 481 g/mol. The maximum Gasteiger partial charge on any atom is 0.418 e. The van der Waals surface area contributed by atoms with E-state index in [4.69, 9.17) is 9.15 Å². The zero-order chi connectivity index (χ0) is 24.6. The number of methoxy groups -OCH3 is 1. The lowest BCUT2D eigenvalue weighted by Crippen LogP contribution is -2.35. The number of rotatable bonds is 4. The fourth-order valence-electron chi connectivity index (χ4n) is 4.43. The van der Waals surface area contributed by atoms with Crippen LogP contribution in [-0.2, 0) is 6.18 Å². The molecule has 0 radical (unpaired) electrons. The van der Waals surface area contributed by atoms with Gasteiger partial charge in [-0.15, -0.1) is 0 Å². The first-order valence-corrected chi connectivity index (χ1v) is 11.1. The summed E-state index contributed by atoms with van der Waals surface area (Å²) in [7, 11) is 1.61. The van der Waals surface area contributed by atoms with Crippen molar-refractivity contribution in [3.05, 3.63) is 78.2 Å². The molecule has 1 aromatic heterocycles. The molecule has 0 bridgehead atoms. The van der Waals surface area contributed by atoms with Gasteiger partial charge < -0.3 is 19.4 Å². The standard InChI is InChI=1S/C26H22F3N3O3/c1-34-22-11-5-2-7-17(22)16-12-13-23-20(15-16)30-24(35-23)21-10-6-14-32(21)25(33)31-19-9-4-3-8-18(19)26(27,28)29/h2-5,7-9,11-13,15,21H,6,10,14H2,1H3,(H,31,33). The zero-order valence-electron chi connectivity index (χ0n) is 18.8. The van der Waals surface area contributed by atoms with Gasteiger partial charge in [-0.3, -0.25) is 0 Å². The first-order chi connectivity index (χ1) is 16.8. The number of halogens is 3. The Labute approximate surface area is 199 Å². The number of anilines is 1. The Morgan fingerprint density at radius 2 is 1.89 bits per heavy atom. The molecule has 1 N–H and O–H groups in total. The van der Waals surface area contributed by atoms with Crippen LogP contribution < -0.4 is 10.1 Å². The Hall–Kier alpha value is -4.01. The van der Waals surface area contributed by atoms with Gasteiger partial charge in [-0.2, -0.15) is 13.2 Å². The molecule has 2 amide bonds. The van der Waals surface area contributed by atoms with Crippen LogP contribution in [0.25, 0.3) is 22.2 Å². The number of hydrogen-bond acceptors (Lipinski definition) is 4. The second-order valence-corrected chi connectivity index (χ2v) is 8.26. The minimum Gasteiger partial charge on any atom is -0.496 e. The summed E-state index contributed by atoms with van der Waals surface area (Å²) in [5.41, 5.74) is 1.82. The third kappa shape index (κ3) is 4.41. The molecule has 1 unspecified atom stereocenters. The summed E-state index contributed by atoms with van der Waals surface area (Å²) in [6, 6.07) is 17.1. The Morgan fingerprint density at radius 3 is 2.69 bits per heavy atom. The highest BCUT2D eigenvalue weighted by Crippen LogP contribution is 2.38. The SMILES string of the molecule is COc1ccccc1-c1ccc2oc(C3CCCN3C(=O)Nc3ccccc3C(F)(F)F)nc2c1. The molecule has 180 valence electrons. The van der Waals surface area contributed by atoms with Gasteiger partial charge in [0.15, 0.2) is 5.58 Å². The van der Waals surface area contributed by atoms with Gasteiger partial charge >= 0.3 is 12.2 Å². The van der Waals surface area contributed by atoms with E-state index in [1.165, 1.54) is 23.1 Å². The van der Waals surface area contributed by atoms with E-state index in [0.717, 1.165) is 22.9 Å². The van der Waals surface area contributed by atoms with Crippen LogP contribution in [-0.4, -0.2) is 29.6 Å². The molecular formula is C26H22F3N3O3. The number of nitrogens with zero attached hydrogens (tertiary/aromatic N) is 2. The monoisotopic (exact) mass is 481 g/mol. The number of carbonyl (C=O) groups is 1. The number of hydrogen-bond donors (Lipinski definition) is 1. The summed E-state index contributed by atoms with van der Waals surface area (Å²) in [6.07, 6.45) is -3.29. The fraction of sp³-hybridized carbons (Fsp3) is 0.231. The molecule has 35 heavy (non-hydrogen) atoms. The van der Waals surface area contributed by atoms with Crippen LogP contribution in [0.1, 0.15) is 30.3 Å². The third-order valence-electron chi connectivity index (χ3n) is 6.09. The van der Waals surface area contributed by atoms with E-state index in [9.17, 15) is 18.0 Å². The van der Waals surface area contributed by atoms with Gasteiger partial charge in [0, 0.05) is 12.1 Å². The fourth-order valence-corrected chi connectivity index (χ4v) is 4.43. The molecule has 1 atom stereocenters. The van der Waals surface area contributed by atoms with E-state index < -0.39 is 23.8 Å². The quantitative estimate of drug-likeness (QED) is 0.345. The van der Waals surface area contributed by atoms with Crippen molar-refractivity contribution in [3.63, 3.8) is 0 Å². The molecule has 1 saturated heterocycles. The normalized spacial score (nSPS) is 16.0. The molecule has 9 heteroatoms. The van der Waals surface area contributed by atoms with Crippen molar-refractivity contribution in [3.8, 4) is 16.9 Å². The Morgan fingerprint density at radius 1 is 1.11 bits per heavy atom. The molecule has 1 aliphatic rings. The number of ether oxygens (including phenoxy) is 1. The predicted octanol–water partition coefficient (Wildman–Crippen LogP) is 6.89. The summed E-state index contributed by atoms with van der Waals surface area (Å²) in [5, 5.41) is 2.42. The lowest BCUT2D eigenvalue weighted by molar-refractivity contribution is -0.136. The maximum absolute atomic E-state index is 13.3. The third-order valence-corrected chi connectivity index (χ3v) is 6.09. The minimum absolute atomic E-state index is 0.283. The largest absolute Gasteiger partial charge is 0.496 e. The first kappa shape index (κ1) is 22.8. The van der Waals surface area contributed by atoms with Gasteiger partial charge in [-0.25, -0.2) is 9.78 Å². The van der Waals surface area contributed by atoms with Crippen molar-refractivity contribution in [2.45, 2.75) is 25.1 Å². The number of urea groups is 1. The van der Waals surface area contributed by atoms with Crippen LogP contribution in [0.2, 0.25) is 0 Å². The summed E-state index contributed by atoms with van der Waals surface area (Å²) in [6.45, 7) is 0.385. The van der Waals surface area contributed by atoms with E-state index in [2.05, 4.69) is 10.3 Å². The van der Waals surface area contributed by atoms with Gasteiger partial charge in [0.2, 0.25) is 5.89 Å². The number of para-hydroxylation sites is 2. The lowest BCUT2D eigenvalue weighted by atomic mass is 10.0. The highest BCUT2D eigenvalue weighted by Gasteiger charge is 2.37. The Balaban J connectivity index is 1.41. The number of amides is 2. The number of likely N-dealkylation sites (tertiary alicyclic amines) is 1. The minimum atomic E-state index is -4.58. The van der Waals surface area contributed by atoms with Crippen molar-refractivity contribution in [1.29, 1.82) is 0 Å². The van der Waals surface area contributed by atoms with Gasteiger partial charge in [0.25, 0.3) is 0 Å². The van der Waals surface area contributed by atoms with Gasteiger partial charge in [-0.05, 0) is 48.7 Å². The van der Waals surface area contributed by atoms with Crippen molar-refractivity contribution in [2.75, 3.05) is 19.0 Å². The molecule has 0 saturated carbocycles. The summed E-state index contributed by atoms with van der Waals surface area (Å²) >= 11 is 0. The van der Waals surface area contributed by atoms with Crippen molar-refractivity contribution >= 4 is 22.8 Å². The van der Waals surface area contributed by atoms with Gasteiger partial charge in [0.1, 0.15) is 17.3 Å². The second-order valence-electron chi connectivity index (χ2n) is 8.26. The van der Waals surface area contributed by atoms with E-state index in [-0.39, 0.29) is 5.69 Å². The number of nitrogens with one attached hydrogen (secondary N) is 1. The van der Waals surface area contributed by atoms with Crippen LogP contribution in [0.3, 0.4) is 0 Å². The number of benzene rings is 3. The maximum atomic E-state index is 13.3. The number of carbonyl (C=O) groups excluding carboxylic acids is 1. The summed E-state index contributed by atoms with van der Waals surface area (Å²) in [4.78, 5) is 19.1. The Bertz CT molecular complexity index is 1380. The Kier molecular flexibility index (Phi) is 5.84. The molecule has 1 fully saturated rings. The molecular weight excluding hydrogens is 459 g/mol. The number of alkyl halides is 3. The van der Waals surface area contributed by atoms with E-state index in [1.54, 1.807) is 7.11 Å². The molecule has 0 spiro atoms. The topological polar surface area (TPSA) is 67.6 Å². The molecule has 4 aromatic rings. The van der Waals surface area contributed by atoms with E-state index in [0.29, 0.717) is 36.4 Å². The number of oxazole rings is 1. The molecule has 2 heterocycles. The van der Waals surface area contributed by atoms with Crippen molar-refractivity contribution in [1.82, 2.24) is 9.88 Å². The highest BCUT2D eigenvalue weighted by atomic mass is 19.4. The van der Waals surface area contributed by atoms with Gasteiger partial charge in [0.05, 0.1) is 18.4 Å². The number of fused-ring (bicyclic) bond motifs is 1. The highest BCUT2D eigenvalue weighted by molar-refractivity contribution is 5.91. The van der Waals surface area contributed by atoms with E-state index >= 15 is 0 Å². The summed E-state index contributed by atoms with van der Waals surface area (Å²) in [5.74, 6) is 1.09. The van der Waals surface area contributed by atoms with Crippen LogP contribution >= 0.6 is 0 Å². The summed E-state index contributed by atoms with van der Waals surface area (Å²) < 4.78 is 51.4. The second kappa shape index (κ2) is 8.98. The molecule has 5 rings (SSSR count). The zero-order valence-corrected chi connectivity index (χ0v) is 18.8. The first-order valence-electron chi connectivity index (χ1n) is 11.1. The van der Waals surface area contributed by atoms with Crippen LogP contribution in [0.4, 0.5) is 23.7 Å². The predicted molar refractivity (Wildman–Crippen MR) is 125 cm³/mol. The van der Waals surface area contributed by atoms with Crippen LogP contribution in [0.5, 0.6) is 5.75 Å². The molecule has 6 nitrogen and oxygen atoms in total. The molecule has 0 aliphatic carbocycles. The van der Waals surface area contributed by atoms with Gasteiger partial charge in [-0.1, -0.05) is 36.4 Å². The number of aromatic nitrogens is 1.